The van der Waals surface area contributed by atoms with Crippen molar-refractivity contribution >= 4 is 29.0 Å². The quantitative estimate of drug-likeness (QED) is 0.453. The molecule has 3 heterocycles. The lowest BCUT2D eigenvalue weighted by atomic mass is 9.84. The zero-order valence-corrected chi connectivity index (χ0v) is 22.7. The van der Waals surface area contributed by atoms with E-state index in [0.717, 1.165) is 59.0 Å². The van der Waals surface area contributed by atoms with Crippen LogP contribution in [0.4, 0.5) is 4.79 Å². The summed E-state index contributed by atoms with van der Waals surface area (Å²) in [6.07, 6.45) is 3.15. The largest absolute Gasteiger partial charge is 0.488 e. The molecule has 1 aliphatic carbocycles. The molecular formula is C30H33ClN2O4. The molecule has 1 saturated heterocycles. The molecule has 1 amide bonds. The Bertz CT molecular complexity index is 1340. The van der Waals surface area contributed by atoms with Crippen LogP contribution < -0.4 is 4.74 Å². The van der Waals surface area contributed by atoms with Gasteiger partial charge in [-0.25, -0.2) is 4.79 Å². The van der Waals surface area contributed by atoms with Crippen LogP contribution in [0.5, 0.6) is 5.75 Å². The summed E-state index contributed by atoms with van der Waals surface area (Å²) in [5, 5.41) is 0.731. The molecule has 6 rings (SSSR count). The molecule has 0 spiro atoms. The Hall–Kier alpha value is -2.83. The number of amides is 1. The maximum Gasteiger partial charge on any atom is 0.410 e. The summed E-state index contributed by atoms with van der Waals surface area (Å²) in [7, 11) is 1.71. The van der Waals surface area contributed by atoms with Crippen LogP contribution in [0.2, 0.25) is 5.02 Å². The molecule has 3 aliphatic heterocycles. The average molecular weight is 521 g/mol. The SMILES string of the molecule is COC[C@@H]1C[C@@H](C2=NC3=C(C2)c2cc4c(cc2CC3)-c2ccc(Cl)cc2CO4)N(C(=O)OC(C)(C)C)C1. The van der Waals surface area contributed by atoms with Crippen molar-refractivity contribution in [1.29, 1.82) is 0 Å². The lowest BCUT2D eigenvalue weighted by Gasteiger charge is -2.29. The summed E-state index contributed by atoms with van der Waals surface area (Å²) >= 11 is 6.22. The molecule has 4 aliphatic rings. The molecule has 0 aromatic heterocycles. The van der Waals surface area contributed by atoms with Crippen LogP contribution in [0.15, 0.2) is 41.0 Å². The minimum Gasteiger partial charge on any atom is -0.488 e. The predicted octanol–water partition coefficient (Wildman–Crippen LogP) is 6.67. The van der Waals surface area contributed by atoms with Gasteiger partial charge in [-0.15, -0.1) is 0 Å². The van der Waals surface area contributed by atoms with Crippen molar-refractivity contribution in [2.45, 2.75) is 64.7 Å². The number of methoxy groups -OCH3 is 1. The van der Waals surface area contributed by atoms with E-state index in [2.05, 4.69) is 18.2 Å². The minimum absolute atomic E-state index is 0.0745. The summed E-state index contributed by atoms with van der Waals surface area (Å²) in [6, 6.07) is 10.4. The van der Waals surface area contributed by atoms with Crippen molar-refractivity contribution in [2.24, 2.45) is 10.9 Å². The monoisotopic (exact) mass is 520 g/mol. The van der Waals surface area contributed by atoms with Crippen molar-refractivity contribution in [2.75, 3.05) is 20.3 Å². The second-order valence-electron chi connectivity index (χ2n) is 11.5. The first-order chi connectivity index (χ1) is 17.7. The molecule has 2 aromatic rings. The van der Waals surface area contributed by atoms with Crippen LogP contribution in [0.3, 0.4) is 0 Å². The molecule has 0 radical (unpaired) electrons. The van der Waals surface area contributed by atoms with Gasteiger partial charge in [0, 0.05) is 48.0 Å². The van der Waals surface area contributed by atoms with E-state index in [1.54, 1.807) is 7.11 Å². The van der Waals surface area contributed by atoms with E-state index in [-0.39, 0.29) is 18.1 Å². The van der Waals surface area contributed by atoms with Crippen LogP contribution in [0, 0.1) is 5.92 Å². The summed E-state index contributed by atoms with van der Waals surface area (Å²) in [5.41, 5.74) is 8.93. The number of nitrogens with zero attached hydrogens (tertiary/aromatic N) is 2. The van der Waals surface area contributed by atoms with Gasteiger partial charge in [0.15, 0.2) is 0 Å². The molecular weight excluding hydrogens is 488 g/mol. The number of hydrogen-bond acceptors (Lipinski definition) is 5. The van der Waals surface area contributed by atoms with E-state index in [4.69, 9.17) is 30.8 Å². The van der Waals surface area contributed by atoms with Gasteiger partial charge in [0.25, 0.3) is 0 Å². The lowest BCUT2D eigenvalue weighted by molar-refractivity contribution is 0.0252. The second-order valence-corrected chi connectivity index (χ2v) is 11.9. The molecule has 0 bridgehead atoms. The van der Waals surface area contributed by atoms with Crippen molar-refractivity contribution in [3.8, 4) is 16.9 Å². The number of allylic oxidation sites excluding steroid dienone is 2. The van der Waals surface area contributed by atoms with Gasteiger partial charge in [-0.3, -0.25) is 9.89 Å². The maximum absolute atomic E-state index is 13.1. The van der Waals surface area contributed by atoms with Crippen LogP contribution in [0.1, 0.15) is 56.7 Å². The zero-order chi connectivity index (χ0) is 25.9. The van der Waals surface area contributed by atoms with Gasteiger partial charge >= 0.3 is 6.09 Å². The first kappa shape index (κ1) is 24.5. The number of carbonyl (C=O) groups is 1. The van der Waals surface area contributed by atoms with Crippen molar-refractivity contribution in [3.05, 3.63) is 57.7 Å². The molecule has 37 heavy (non-hydrogen) atoms. The number of halogens is 1. The Balaban J connectivity index is 1.28. The number of aryl methyl sites for hydroxylation is 1. The highest BCUT2D eigenvalue weighted by molar-refractivity contribution is 6.30. The smallest absolute Gasteiger partial charge is 0.410 e. The van der Waals surface area contributed by atoms with Crippen LogP contribution in [-0.4, -0.2) is 48.6 Å². The van der Waals surface area contributed by atoms with E-state index < -0.39 is 5.60 Å². The molecule has 7 heteroatoms. The normalized spacial score (nSPS) is 22.1. The first-order valence-electron chi connectivity index (χ1n) is 13.1. The minimum atomic E-state index is -0.544. The van der Waals surface area contributed by atoms with Crippen molar-refractivity contribution < 1.29 is 19.0 Å². The highest BCUT2D eigenvalue weighted by Gasteiger charge is 2.42. The third-order valence-electron chi connectivity index (χ3n) is 7.69. The molecule has 0 unspecified atom stereocenters. The number of hydrogen-bond donors (Lipinski definition) is 0. The third kappa shape index (κ3) is 4.55. The van der Waals surface area contributed by atoms with E-state index in [1.165, 1.54) is 22.3 Å². The molecule has 194 valence electrons. The van der Waals surface area contributed by atoms with Crippen LogP contribution in [0.25, 0.3) is 16.7 Å². The molecule has 6 nitrogen and oxygen atoms in total. The highest BCUT2D eigenvalue weighted by Crippen LogP contribution is 2.47. The number of carbonyl (C=O) groups excluding carboxylic acids is 1. The fraction of sp³-hybridized carbons (Fsp3) is 0.467. The Kier molecular flexibility index (Phi) is 6.08. The maximum atomic E-state index is 13.1. The van der Waals surface area contributed by atoms with E-state index in [1.807, 2.05) is 37.8 Å². The van der Waals surface area contributed by atoms with Gasteiger partial charge in [-0.1, -0.05) is 17.7 Å². The van der Waals surface area contributed by atoms with E-state index >= 15 is 0 Å². The Morgan fingerprint density at radius 2 is 1.97 bits per heavy atom. The standard InChI is InChI=1S/C30H33ClN2O4/c1-30(2,3)37-29(34)33-14-17(15-35-4)9-27(33)26-12-23-22-13-28-24(11-18(22)5-8-25(23)32-26)21-7-6-20(31)10-19(21)16-36-28/h6-7,10-11,13,17,27H,5,8-9,12,14-16H2,1-4H3/t17-,27+/m1/s1. The van der Waals surface area contributed by atoms with Gasteiger partial charge in [0.05, 0.1) is 12.6 Å². The number of rotatable bonds is 3. The fourth-order valence-corrected chi connectivity index (χ4v) is 6.32. The molecule has 0 N–H and O–H groups in total. The molecule has 1 fully saturated rings. The Morgan fingerprint density at radius 3 is 2.76 bits per heavy atom. The Labute approximate surface area is 223 Å². The van der Waals surface area contributed by atoms with Gasteiger partial charge in [-0.05, 0) is 92.1 Å². The number of ether oxygens (including phenoxy) is 3. The molecule has 2 atom stereocenters. The fourth-order valence-electron chi connectivity index (χ4n) is 6.13. The number of fused-ring (bicyclic) bond motifs is 5. The van der Waals surface area contributed by atoms with Crippen molar-refractivity contribution in [1.82, 2.24) is 4.90 Å². The van der Waals surface area contributed by atoms with Gasteiger partial charge in [-0.2, -0.15) is 0 Å². The summed E-state index contributed by atoms with van der Waals surface area (Å²) in [6.45, 7) is 7.48. The zero-order valence-electron chi connectivity index (χ0n) is 21.9. The highest BCUT2D eigenvalue weighted by atomic mass is 35.5. The van der Waals surface area contributed by atoms with Gasteiger partial charge < -0.3 is 14.2 Å². The molecule has 0 saturated carbocycles. The van der Waals surface area contributed by atoms with Crippen LogP contribution in [-0.2, 0) is 22.5 Å². The second kappa shape index (κ2) is 9.17. The van der Waals surface area contributed by atoms with E-state index in [9.17, 15) is 4.79 Å². The average Bonchev–Trinajstić information content (AvgIpc) is 3.46. The predicted molar refractivity (Wildman–Crippen MR) is 145 cm³/mol. The van der Waals surface area contributed by atoms with Gasteiger partial charge in [0.1, 0.15) is 18.0 Å². The third-order valence-corrected chi connectivity index (χ3v) is 7.92. The van der Waals surface area contributed by atoms with E-state index in [0.29, 0.717) is 19.8 Å². The molecule has 2 aromatic carbocycles. The lowest BCUT2D eigenvalue weighted by Crippen LogP contribution is -2.43. The number of aliphatic imine (C=N–C) groups is 1. The summed E-state index contributed by atoms with van der Waals surface area (Å²) in [4.78, 5) is 20.1. The Morgan fingerprint density at radius 1 is 1.14 bits per heavy atom. The summed E-state index contributed by atoms with van der Waals surface area (Å²) < 4.78 is 17.4. The topological polar surface area (TPSA) is 60.4 Å². The van der Waals surface area contributed by atoms with Crippen LogP contribution >= 0.6 is 11.6 Å². The van der Waals surface area contributed by atoms with Crippen molar-refractivity contribution in [3.63, 3.8) is 0 Å². The number of benzene rings is 2. The summed E-state index contributed by atoms with van der Waals surface area (Å²) in [5.74, 6) is 1.18. The van der Waals surface area contributed by atoms with Gasteiger partial charge in [0.2, 0.25) is 0 Å². The first-order valence-corrected chi connectivity index (χ1v) is 13.4. The number of likely N-dealkylation sites (tertiary alicyclic amines) is 1.